The minimum atomic E-state index is 1.03. The molecule has 0 nitrogen and oxygen atoms in total. The lowest BCUT2D eigenvalue weighted by Gasteiger charge is -1.90. The number of rotatable bonds is 1. The summed E-state index contributed by atoms with van der Waals surface area (Å²) < 4.78 is 0. The van der Waals surface area contributed by atoms with Crippen LogP contribution in [0.25, 0.3) is 0 Å². The SMILES string of the molecule is C=C=C(C)C=[C-]C. The highest BCUT2D eigenvalue weighted by molar-refractivity contribution is 5.10. The first kappa shape index (κ1) is 6.26. The molecule has 0 atom stereocenters. The van der Waals surface area contributed by atoms with Gasteiger partial charge in [0.25, 0.3) is 0 Å². The van der Waals surface area contributed by atoms with E-state index in [0.29, 0.717) is 0 Å². The van der Waals surface area contributed by atoms with Gasteiger partial charge in [-0.25, -0.2) is 11.8 Å². The van der Waals surface area contributed by atoms with Gasteiger partial charge in [-0.05, 0) is 0 Å². The van der Waals surface area contributed by atoms with Crippen molar-refractivity contribution in [2.45, 2.75) is 13.8 Å². The normalized spacial score (nSPS) is 8.86. The monoisotopic (exact) mass is 93.1 g/mol. The van der Waals surface area contributed by atoms with E-state index in [2.05, 4.69) is 18.4 Å². The highest BCUT2D eigenvalue weighted by Crippen LogP contribution is 1.87. The molecule has 0 unspecified atom stereocenters. The van der Waals surface area contributed by atoms with Crippen LogP contribution in [0.1, 0.15) is 13.8 Å². The van der Waals surface area contributed by atoms with Crippen molar-refractivity contribution in [3.05, 3.63) is 30.0 Å². The van der Waals surface area contributed by atoms with E-state index in [1.54, 1.807) is 0 Å². The third-order valence-corrected chi connectivity index (χ3v) is 0.640. The zero-order chi connectivity index (χ0) is 5.70. The molecule has 0 amide bonds. The van der Waals surface area contributed by atoms with E-state index in [1.807, 2.05) is 19.9 Å². The van der Waals surface area contributed by atoms with Crippen molar-refractivity contribution in [3.63, 3.8) is 0 Å². The van der Waals surface area contributed by atoms with E-state index in [9.17, 15) is 0 Å². The summed E-state index contributed by atoms with van der Waals surface area (Å²) in [6.07, 6.45) is 4.69. The Labute approximate surface area is 44.9 Å². The van der Waals surface area contributed by atoms with E-state index in [4.69, 9.17) is 0 Å². The highest BCUT2D eigenvalue weighted by atomic mass is 13.7. The average molecular weight is 93.1 g/mol. The zero-order valence-electron chi connectivity index (χ0n) is 4.78. The second-order valence-electron chi connectivity index (χ2n) is 1.29. The fourth-order valence-electron chi connectivity index (χ4n) is 0.268. The van der Waals surface area contributed by atoms with Gasteiger partial charge in [0.15, 0.2) is 0 Å². The third kappa shape index (κ3) is 3.08. The predicted molar refractivity (Wildman–Crippen MR) is 31.8 cm³/mol. The van der Waals surface area contributed by atoms with E-state index in [-0.39, 0.29) is 0 Å². The third-order valence-electron chi connectivity index (χ3n) is 0.640. The second kappa shape index (κ2) is 3.45. The smallest absolute Gasteiger partial charge is 0.0759 e. The lowest BCUT2D eigenvalue weighted by molar-refractivity contribution is 1.50. The van der Waals surface area contributed by atoms with Crippen LogP contribution in [-0.4, -0.2) is 0 Å². The molecular formula is C7H9-. The van der Waals surface area contributed by atoms with Crippen LogP contribution in [-0.2, 0) is 0 Å². The molecule has 0 aromatic heterocycles. The van der Waals surface area contributed by atoms with Gasteiger partial charge >= 0.3 is 0 Å². The van der Waals surface area contributed by atoms with Crippen LogP contribution < -0.4 is 0 Å². The van der Waals surface area contributed by atoms with Crippen LogP contribution in [0.3, 0.4) is 0 Å². The molecule has 0 heterocycles. The molecule has 0 radical (unpaired) electrons. The summed E-state index contributed by atoms with van der Waals surface area (Å²) >= 11 is 0. The number of hydrogen-bond acceptors (Lipinski definition) is 0. The molecule has 0 aromatic carbocycles. The first-order chi connectivity index (χ1) is 3.31. The van der Waals surface area contributed by atoms with E-state index in [0.717, 1.165) is 5.57 Å². The summed E-state index contributed by atoms with van der Waals surface area (Å²) in [7, 11) is 0. The van der Waals surface area contributed by atoms with Crippen LogP contribution in [0.4, 0.5) is 0 Å². The van der Waals surface area contributed by atoms with Gasteiger partial charge in [-0.2, -0.15) is 5.57 Å². The fourth-order valence-corrected chi connectivity index (χ4v) is 0.268. The number of hydrogen-bond donors (Lipinski definition) is 0. The van der Waals surface area contributed by atoms with Gasteiger partial charge in [0, 0.05) is 0 Å². The fraction of sp³-hybridized carbons (Fsp3) is 0.286. The number of allylic oxidation sites excluding steroid dienone is 3. The second-order valence-corrected chi connectivity index (χ2v) is 1.29. The first-order valence-corrected chi connectivity index (χ1v) is 2.18. The zero-order valence-corrected chi connectivity index (χ0v) is 4.78. The van der Waals surface area contributed by atoms with Gasteiger partial charge in [-0.15, -0.1) is 13.8 Å². The van der Waals surface area contributed by atoms with Gasteiger partial charge in [0.05, 0.1) is 0 Å². The molecule has 38 valence electrons. The Morgan fingerprint density at radius 3 is 2.57 bits per heavy atom. The van der Waals surface area contributed by atoms with Gasteiger partial charge in [-0.1, -0.05) is 6.58 Å². The van der Waals surface area contributed by atoms with E-state index >= 15 is 0 Å². The molecule has 0 fully saturated rings. The summed E-state index contributed by atoms with van der Waals surface area (Å²) in [5.41, 5.74) is 3.74. The van der Waals surface area contributed by atoms with Gasteiger partial charge < -0.3 is 0 Å². The Kier molecular flexibility index (Phi) is 3.09. The molecule has 0 N–H and O–H groups in total. The van der Waals surface area contributed by atoms with Crippen molar-refractivity contribution in [2.75, 3.05) is 0 Å². The van der Waals surface area contributed by atoms with Gasteiger partial charge in [0.1, 0.15) is 0 Å². The Hall–Kier alpha value is -0.740. The van der Waals surface area contributed by atoms with Crippen LogP contribution in [0.5, 0.6) is 0 Å². The topological polar surface area (TPSA) is 0 Å². The molecular weight excluding hydrogens is 84.1 g/mol. The van der Waals surface area contributed by atoms with Crippen molar-refractivity contribution in [1.29, 1.82) is 0 Å². The Morgan fingerprint density at radius 2 is 2.43 bits per heavy atom. The highest BCUT2D eigenvalue weighted by Gasteiger charge is 1.54. The van der Waals surface area contributed by atoms with Crippen molar-refractivity contribution < 1.29 is 0 Å². The summed E-state index contributed by atoms with van der Waals surface area (Å²) in [6.45, 7) is 7.23. The lowest BCUT2D eigenvalue weighted by Crippen LogP contribution is -1.57. The Balaban J connectivity index is 3.83. The minimum absolute atomic E-state index is 1.03. The molecule has 0 aliphatic carbocycles. The molecule has 7 heavy (non-hydrogen) atoms. The van der Waals surface area contributed by atoms with Crippen molar-refractivity contribution in [3.8, 4) is 0 Å². The summed E-state index contributed by atoms with van der Waals surface area (Å²) in [5, 5.41) is 0. The lowest BCUT2D eigenvalue weighted by atomic mass is 10.3. The Morgan fingerprint density at radius 1 is 1.86 bits per heavy atom. The molecule has 0 bridgehead atoms. The van der Waals surface area contributed by atoms with Crippen molar-refractivity contribution in [2.24, 2.45) is 0 Å². The molecule has 0 aromatic rings. The standard InChI is InChI=1S/C7H9/c1-4-6-7(3)5-2/h6H,2H2,1,3H3/q-1. The molecule has 0 rings (SSSR count). The van der Waals surface area contributed by atoms with Gasteiger partial charge in [0.2, 0.25) is 0 Å². The predicted octanol–water partition coefficient (Wildman–Crippen LogP) is 2.10. The molecule has 0 aliphatic rings. The largest absolute Gasteiger partial charge is 0.278 e. The maximum atomic E-state index is 3.45. The summed E-state index contributed by atoms with van der Waals surface area (Å²) in [4.78, 5) is 0. The maximum absolute atomic E-state index is 3.45. The van der Waals surface area contributed by atoms with Gasteiger partial charge in [-0.3, -0.25) is 6.08 Å². The molecule has 0 saturated heterocycles. The van der Waals surface area contributed by atoms with Crippen molar-refractivity contribution in [1.82, 2.24) is 0 Å². The Bertz CT molecular complexity index is 112. The van der Waals surface area contributed by atoms with Crippen LogP contribution in [0.2, 0.25) is 0 Å². The summed E-state index contributed by atoms with van der Waals surface area (Å²) in [5.74, 6) is 0. The van der Waals surface area contributed by atoms with Crippen molar-refractivity contribution >= 4 is 0 Å². The maximum Gasteiger partial charge on any atom is -0.0759 e. The first-order valence-electron chi connectivity index (χ1n) is 2.18. The quantitative estimate of drug-likeness (QED) is 0.264. The molecule has 0 heteroatoms. The van der Waals surface area contributed by atoms with Crippen LogP contribution >= 0.6 is 0 Å². The average Bonchev–Trinajstić information content (AvgIpc) is 1.68. The minimum Gasteiger partial charge on any atom is -0.278 e. The molecule has 0 aliphatic heterocycles. The molecule has 0 saturated carbocycles. The summed E-state index contributed by atoms with van der Waals surface area (Å²) in [6, 6.07) is 0. The molecule has 0 spiro atoms. The van der Waals surface area contributed by atoms with E-state index < -0.39 is 0 Å². The van der Waals surface area contributed by atoms with Crippen LogP contribution in [0, 0.1) is 6.08 Å². The van der Waals surface area contributed by atoms with Crippen LogP contribution in [0.15, 0.2) is 24.0 Å². The van der Waals surface area contributed by atoms with E-state index in [1.165, 1.54) is 0 Å².